The fourth-order valence-electron chi connectivity index (χ4n) is 2.61. The molecule has 1 aliphatic heterocycles. The first kappa shape index (κ1) is 13.5. The van der Waals surface area contributed by atoms with E-state index in [2.05, 4.69) is 19.2 Å². The molecular formula is C15H22FNO. The molecule has 100 valence electrons. The molecule has 3 heteroatoms. The first-order valence-corrected chi connectivity index (χ1v) is 6.82. The molecule has 2 nitrogen and oxygen atoms in total. The fraction of sp³-hybridized carbons (Fsp3) is 0.600. The van der Waals surface area contributed by atoms with E-state index in [0.29, 0.717) is 12.1 Å². The van der Waals surface area contributed by atoms with Crippen LogP contribution in [0.2, 0.25) is 0 Å². The summed E-state index contributed by atoms with van der Waals surface area (Å²) in [4.78, 5) is 0. The lowest BCUT2D eigenvalue weighted by atomic mass is 9.99. The van der Waals surface area contributed by atoms with Crippen molar-refractivity contribution < 1.29 is 9.13 Å². The number of hydrogen-bond donors (Lipinski definition) is 1. The van der Waals surface area contributed by atoms with E-state index in [1.54, 1.807) is 12.1 Å². The largest absolute Gasteiger partial charge is 0.378 e. The third kappa shape index (κ3) is 3.53. The van der Waals surface area contributed by atoms with E-state index in [-0.39, 0.29) is 11.9 Å². The summed E-state index contributed by atoms with van der Waals surface area (Å²) in [6.07, 6.45) is 3.36. The number of hydrogen-bond acceptors (Lipinski definition) is 2. The Bertz CT molecular complexity index is 383. The molecule has 0 aliphatic carbocycles. The van der Waals surface area contributed by atoms with E-state index in [1.165, 1.54) is 6.07 Å². The molecule has 1 N–H and O–H groups in total. The molecule has 0 aromatic heterocycles. The van der Waals surface area contributed by atoms with Crippen LogP contribution in [0.1, 0.15) is 44.7 Å². The van der Waals surface area contributed by atoms with Gasteiger partial charge in [-0.1, -0.05) is 19.1 Å². The Morgan fingerprint density at radius 2 is 2.33 bits per heavy atom. The summed E-state index contributed by atoms with van der Waals surface area (Å²) in [5, 5.41) is 3.63. The lowest BCUT2D eigenvalue weighted by Crippen LogP contribution is -2.39. The minimum absolute atomic E-state index is 0.159. The second-order valence-electron chi connectivity index (χ2n) is 5.09. The molecule has 1 aliphatic rings. The molecule has 0 saturated carbocycles. The van der Waals surface area contributed by atoms with Gasteiger partial charge in [0.05, 0.1) is 6.10 Å². The smallest absolute Gasteiger partial charge is 0.123 e. The molecule has 1 heterocycles. The van der Waals surface area contributed by atoms with Crippen LogP contribution in [0.3, 0.4) is 0 Å². The molecule has 3 atom stereocenters. The van der Waals surface area contributed by atoms with Gasteiger partial charge in [0.1, 0.15) is 5.82 Å². The summed E-state index contributed by atoms with van der Waals surface area (Å²) >= 11 is 0. The van der Waals surface area contributed by atoms with E-state index < -0.39 is 0 Å². The number of benzene rings is 1. The van der Waals surface area contributed by atoms with Crippen molar-refractivity contribution in [2.45, 2.75) is 51.3 Å². The summed E-state index contributed by atoms with van der Waals surface area (Å²) in [7, 11) is 0. The van der Waals surface area contributed by atoms with Gasteiger partial charge in [-0.25, -0.2) is 4.39 Å². The van der Waals surface area contributed by atoms with Crippen molar-refractivity contribution in [3.05, 3.63) is 35.6 Å². The van der Waals surface area contributed by atoms with Crippen LogP contribution in [-0.2, 0) is 4.74 Å². The van der Waals surface area contributed by atoms with E-state index in [9.17, 15) is 4.39 Å². The van der Waals surface area contributed by atoms with Gasteiger partial charge in [0.2, 0.25) is 0 Å². The molecule has 0 amide bonds. The van der Waals surface area contributed by atoms with Gasteiger partial charge in [-0.15, -0.1) is 0 Å². The normalized spacial score (nSPS) is 25.9. The zero-order valence-corrected chi connectivity index (χ0v) is 11.2. The first-order valence-electron chi connectivity index (χ1n) is 6.82. The Kier molecular flexibility index (Phi) is 4.72. The van der Waals surface area contributed by atoms with Crippen LogP contribution >= 0.6 is 0 Å². The third-order valence-corrected chi connectivity index (χ3v) is 3.58. The van der Waals surface area contributed by atoms with Crippen LogP contribution in [0.25, 0.3) is 0 Å². The molecule has 3 unspecified atom stereocenters. The Hall–Kier alpha value is -0.930. The van der Waals surface area contributed by atoms with E-state index in [4.69, 9.17) is 4.74 Å². The molecule has 0 spiro atoms. The molecular weight excluding hydrogens is 229 g/mol. The Morgan fingerprint density at radius 3 is 3.00 bits per heavy atom. The number of rotatable bonds is 4. The highest BCUT2D eigenvalue weighted by atomic mass is 19.1. The predicted octanol–water partition coefficient (Wildman–Crippen LogP) is 3.43. The van der Waals surface area contributed by atoms with Crippen LogP contribution in [0, 0.1) is 5.82 Å². The standard InChI is InChI=1S/C15H22FNO/c1-3-15(12-5-4-6-13(16)10-12)17-14-7-8-18-11(2)9-14/h4-6,10-11,14-15,17H,3,7-9H2,1-2H3. The Morgan fingerprint density at radius 1 is 1.50 bits per heavy atom. The first-order chi connectivity index (χ1) is 8.69. The highest BCUT2D eigenvalue weighted by Crippen LogP contribution is 2.22. The molecule has 1 aromatic rings. The Labute approximate surface area is 109 Å². The second-order valence-corrected chi connectivity index (χ2v) is 5.09. The molecule has 18 heavy (non-hydrogen) atoms. The van der Waals surface area contributed by atoms with Crippen molar-refractivity contribution in [3.8, 4) is 0 Å². The van der Waals surface area contributed by atoms with Crippen LogP contribution < -0.4 is 5.32 Å². The molecule has 1 saturated heterocycles. The minimum Gasteiger partial charge on any atom is -0.378 e. The minimum atomic E-state index is -0.159. The van der Waals surface area contributed by atoms with Gasteiger partial charge in [-0.3, -0.25) is 0 Å². The van der Waals surface area contributed by atoms with Gasteiger partial charge < -0.3 is 10.1 Å². The lowest BCUT2D eigenvalue weighted by molar-refractivity contribution is 0.0111. The average molecular weight is 251 g/mol. The third-order valence-electron chi connectivity index (χ3n) is 3.58. The predicted molar refractivity (Wildman–Crippen MR) is 71.0 cm³/mol. The lowest BCUT2D eigenvalue weighted by Gasteiger charge is -2.31. The van der Waals surface area contributed by atoms with E-state index in [0.717, 1.165) is 31.4 Å². The van der Waals surface area contributed by atoms with Crippen LogP contribution in [0.4, 0.5) is 4.39 Å². The topological polar surface area (TPSA) is 21.3 Å². The molecule has 0 bridgehead atoms. The zero-order chi connectivity index (χ0) is 13.0. The van der Waals surface area contributed by atoms with E-state index in [1.807, 2.05) is 6.07 Å². The van der Waals surface area contributed by atoms with Crippen LogP contribution in [0.15, 0.2) is 24.3 Å². The molecule has 1 aromatic carbocycles. The van der Waals surface area contributed by atoms with Crippen LogP contribution in [0.5, 0.6) is 0 Å². The van der Waals surface area contributed by atoms with Crippen molar-refractivity contribution in [1.29, 1.82) is 0 Å². The van der Waals surface area contributed by atoms with Crippen molar-refractivity contribution >= 4 is 0 Å². The van der Waals surface area contributed by atoms with E-state index >= 15 is 0 Å². The van der Waals surface area contributed by atoms with Gasteiger partial charge in [0, 0.05) is 18.7 Å². The number of nitrogens with one attached hydrogen (secondary N) is 1. The summed E-state index contributed by atoms with van der Waals surface area (Å²) in [5.41, 5.74) is 1.04. The van der Waals surface area contributed by atoms with Crippen molar-refractivity contribution in [1.82, 2.24) is 5.32 Å². The second kappa shape index (κ2) is 6.30. The number of ether oxygens (including phenoxy) is 1. The zero-order valence-electron chi connectivity index (χ0n) is 11.2. The van der Waals surface area contributed by atoms with Gasteiger partial charge >= 0.3 is 0 Å². The quantitative estimate of drug-likeness (QED) is 0.885. The summed E-state index contributed by atoms with van der Waals surface area (Å²) in [6.45, 7) is 5.06. The van der Waals surface area contributed by atoms with Crippen molar-refractivity contribution in [2.24, 2.45) is 0 Å². The van der Waals surface area contributed by atoms with Crippen molar-refractivity contribution in [2.75, 3.05) is 6.61 Å². The van der Waals surface area contributed by atoms with Crippen LogP contribution in [-0.4, -0.2) is 18.8 Å². The highest BCUT2D eigenvalue weighted by Gasteiger charge is 2.22. The van der Waals surface area contributed by atoms with Gasteiger partial charge in [0.15, 0.2) is 0 Å². The Balaban J connectivity index is 2.00. The summed E-state index contributed by atoms with van der Waals surface area (Å²) in [6, 6.07) is 7.60. The monoisotopic (exact) mass is 251 g/mol. The maximum atomic E-state index is 13.3. The summed E-state index contributed by atoms with van der Waals surface area (Å²) in [5.74, 6) is -0.159. The molecule has 2 rings (SSSR count). The average Bonchev–Trinajstić information content (AvgIpc) is 2.36. The number of halogens is 1. The fourth-order valence-corrected chi connectivity index (χ4v) is 2.61. The maximum Gasteiger partial charge on any atom is 0.123 e. The summed E-state index contributed by atoms with van der Waals surface area (Å²) < 4.78 is 18.8. The van der Waals surface area contributed by atoms with Gasteiger partial charge in [-0.2, -0.15) is 0 Å². The van der Waals surface area contributed by atoms with Gasteiger partial charge in [-0.05, 0) is 43.9 Å². The van der Waals surface area contributed by atoms with Gasteiger partial charge in [0.25, 0.3) is 0 Å². The highest BCUT2D eigenvalue weighted by molar-refractivity contribution is 5.20. The molecule has 0 radical (unpaired) electrons. The maximum absolute atomic E-state index is 13.3. The SMILES string of the molecule is CCC(NC1CCOC(C)C1)c1cccc(F)c1. The van der Waals surface area contributed by atoms with Crippen molar-refractivity contribution in [3.63, 3.8) is 0 Å². The molecule has 1 fully saturated rings.